The Kier molecular flexibility index (Phi) is 8.03. The van der Waals surface area contributed by atoms with Crippen LogP contribution in [0.1, 0.15) is 48.6 Å². The first-order valence-electron chi connectivity index (χ1n) is 13.6. The van der Waals surface area contributed by atoms with Gasteiger partial charge in [-0.05, 0) is 42.0 Å². The molecular formula is C34H37NO2. The smallest absolute Gasteiger partial charge is 0.134 e. The number of fused-ring (bicyclic) bond motifs is 1. The Morgan fingerprint density at radius 2 is 1.59 bits per heavy atom. The largest absolute Gasteiger partial charge is 0.461 e. The highest BCUT2D eigenvalue weighted by molar-refractivity contribution is 5.83. The van der Waals surface area contributed by atoms with Crippen LogP contribution < -0.4 is 5.73 Å². The number of benzene rings is 3. The molecule has 2 N–H and O–H groups in total. The van der Waals surface area contributed by atoms with E-state index in [1.54, 1.807) is 0 Å². The van der Waals surface area contributed by atoms with E-state index in [0.717, 1.165) is 49.0 Å². The summed E-state index contributed by atoms with van der Waals surface area (Å²) in [6, 6.07) is 29.1. The zero-order valence-electron chi connectivity index (χ0n) is 21.7. The Morgan fingerprint density at radius 1 is 0.865 bits per heavy atom. The second kappa shape index (κ2) is 11.8. The summed E-state index contributed by atoms with van der Waals surface area (Å²) in [6.07, 6.45) is 12.3. The molecule has 37 heavy (non-hydrogen) atoms. The predicted octanol–water partition coefficient (Wildman–Crippen LogP) is 7.69. The highest BCUT2D eigenvalue weighted by Gasteiger charge is 2.38. The second-order valence-electron chi connectivity index (χ2n) is 10.0. The van der Waals surface area contributed by atoms with Crippen molar-refractivity contribution in [2.24, 2.45) is 5.73 Å². The molecule has 190 valence electrons. The monoisotopic (exact) mass is 491 g/mol. The molecule has 0 amide bonds. The zero-order chi connectivity index (χ0) is 25.5. The van der Waals surface area contributed by atoms with Gasteiger partial charge in [-0.3, -0.25) is 0 Å². The van der Waals surface area contributed by atoms with Crippen molar-refractivity contribution < 1.29 is 9.15 Å². The van der Waals surface area contributed by atoms with Gasteiger partial charge in [-0.2, -0.15) is 0 Å². The number of para-hydroxylation sites is 1. The lowest BCUT2D eigenvalue weighted by Gasteiger charge is -2.38. The number of furan rings is 1. The molecule has 2 unspecified atom stereocenters. The van der Waals surface area contributed by atoms with Crippen molar-refractivity contribution in [2.75, 3.05) is 6.61 Å². The molecule has 0 aliphatic heterocycles. The second-order valence-corrected chi connectivity index (χ2v) is 10.0. The molecule has 0 radical (unpaired) electrons. The highest BCUT2D eigenvalue weighted by atomic mass is 16.5. The lowest BCUT2D eigenvalue weighted by molar-refractivity contribution is -0.0185. The van der Waals surface area contributed by atoms with E-state index < -0.39 is 5.60 Å². The molecule has 3 nitrogen and oxygen atoms in total. The SMILES string of the molecule is CCCCc1oc2ccccc2c1CC1(OCCCc2ccccc2)C=CC(c2ccccc2)=CC1N. The number of hydrogen-bond acceptors (Lipinski definition) is 3. The summed E-state index contributed by atoms with van der Waals surface area (Å²) in [5.74, 6) is 1.06. The molecule has 3 heteroatoms. The minimum Gasteiger partial charge on any atom is -0.461 e. The maximum Gasteiger partial charge on any atom is 0.134 e. The Morgan fingerprint density at radius 3 is 2.35 bits per heavy atom. The first-order chi connectivity index (χ1) is 18.2. The molecule has 3 aromatic carbocycles. The van der Waals surface area contributed by atoms with E-state index in [4.69, 9.17) is 14.9 Å². The Hall–Kier alpha value is -3.40. The molecule has 0 fully saturated rings. The molecular weight excluding hydrogens is 454 g/mol. The minimum atomic E-state index is -0.636. The van der Waals surface area contributed by atoms with Crippen molar-refractivity contribution in [3.8, 4) is 0 Å². The van der Waals surface area contributed by atoms with Crippen molar-refractivity contribution >= 4 is 16.5 Å². The van der Waals surface area contributed by atoms with Crippen LogP contribution >= 0.6 is 0 Å². The topological polar surface area (TPSA) is 48.4 Å². The van der Waals surface area contributed by atoms with Crippen LogP contribution in [-0.4, -0.2) is 18.2 Å². The third-order valence-electron chi connectivity index (χ3n) is 7.39. The van der Waals surface area contributed by atoms with Gasteiger partial charge in [0.05, 0.1) is 6.04 Å². The van der Waals surface area contributed by atoms with Crippen LogP contribution in [0.15, 0.2) is 108 Å². The van der Waals surface area contributed by atoms with E-state index in [1.807, 2.05) is 12.1 Å². The van der Waals surface area contributed by atoms with Gasteiger partial charge in [-0.1, -0.05) is 110 Å². The zero-order valence-corrected chi connectivity index (χ0v) is 21.7. The van der Waals surface area contributed by atoms with Crippen molar-refractivity contribution in [2.45, 2.75) is 57.1 Å². The van der Waals surface area contributed by atoms with E-state index in [0.29, 0.717) is 13.0 Å². The molecule has 1 aromatic heterocycles. The lowest BCUT2D eigenvalue weighted by Crippen LogP contribution is -2.51. The maximum atomic E-state index is 6.96. The molecule has 1 heterocycles. The van der Waals surface area contributed by atoms with Gasteiger partial charge in [0, 0.05) is 30.4 Å². The maximum absolute atomic E-state index is 6.96. The molecule has 5 rings (SSSR count). The first-order valence-corrected chi connectivity index (χ1v) is 13.6. The first kappa shape index (κ1) is 25.3. The summed E-state index contributed by atoms with van der Waals surface area (Å²) in [6.45, 7) is 2.86. The fourth-order valence-corrected chi connectivity index (χ4v) is 5.27. The highest BCUT2D eigenvalue weighted by Crippen LogP contribution is 2.37. The summed E-state index contributed by atoms with van der Waals surface area (Å²) >= 11 is 0. The quantitative estimate of drug-likeness (QED) is 0.219. The van der Waals surface area contributed by atoms with Crippen LogP contribution in [0.4, 0.5) is 0 Å². The summed E-state index contributed by atoms with van der Waals surface area (Å²) in [5, 5.41) is 1.17. The van der Waals surface area contributed by atoms with Gasteiger partial charge < -0.3 is 14.9 Å². The molecule has 1 aliphatic rings. The normalized spacial score (nSPS) is 19.3. The van der Waals surface area contributed by atoms with Crippen molar-refractivity contribution in [3.05, 3.63) is 126 Å². The van der Waals surface area contributed by atoms with Gasteiger partial charge in [0.1, 0.15) is 16.9 Å². The van der Waals surface area contributed by atoms with Gasteiger partial charge >= 0.3 is 0 Å². The van der Waals surface area contributed by atoms with Crippen molar-refractivity contribution in [1.29, 1.82) is 0 Å². The number of aryl methyl sites for hydroxylation is 2. The third-order valence-corrected chi connectivity index (χ3v) is 7.39. The summed E-state index contributed by atoms with van der Waals surface area (Å²) in [4.78, 5) is 0. The number of ether oxygens (including phenoxy) is 1. The van der Waals surface area contributed by atoms with Crippen LogP contribution in [0.3, 0.4) is 0 Å². The van der Waals surface area contributed by atoms with Crippen molar-refractivity contribution in [1.82, 2.24) is 0 Å². The van der Waals surface area contributed by atoms with Crippen LogP contribution in [0, 0.1) is 0 Å². The van der Waals surface area contributed by atoms with Crippen molar-refractivity contribution in [3.63, 3.8) is 0 Å². The molecule has 0 saturated heterocycles. The van der Waals surface area contributed by atoms with Crippen LogP contribution in [0.2, 0.25) is 0 Å². The standard InChI is InChI=1S/C34H37NO2/c1-2-3-19-32-30(29-18-10-11-20-31(29)37-32)25-34(36-23-12-15-26-13-6-4-7-14-26)22-21-28(24-33(34)35)27-16-8-5-9-17-27/h4-11,13-14,16-18,20-22,24,33H,2-3,12,15,19,23,25,35H2,1H3. The number of nitrogens with two attached hydrogens (primary N) is 1. The van der Waals surface area contributed by atoms with Gasteiger partial charge in [0.15, 0.2) is 0 Å². The van der Waals surface area contributed by atoms with Gasteiger partial charge in [-0.25, -0.2) is 0 Å². The summed E-state index contributed by atoms with van der Waals surface area (Å²) in [5.41, 5.74) is 12.1. The molecule has 0 saturated carbocycles. The van der Waals surface area contributed by atoms with Gasteiger partial charge in [0.2, 0.25) is 0 Å². The lowest BCUT2D eigenvalue weighted by atomic mass is 9.80. The molecule has 0 spiro atoms. The number of hydrogen-bond donors (Lipinski definition) is 1. The average Bonchev–Trinajstić information content (AvgIpc) is 3.29. The third kappa shape index (κ3) is 5.79. The van der Waals surface area contributed by atoms with Crippen LogP contribution in [0.25, 0.3) is 16.5 Å². The number of allylic oxidation sites excluding steroid dienone is 2. The molecule has 0 bridgehead atoms. The van der Waals surface area contributed by atoms with Crippen LogP contribution in [-0.2, 0) is 24.0 Å². The molecule has 1 aliphatic carbocycles. The van der Waals surface area contributed by atoms with Crippen LogP contribution in [0.5, 0.6) is 0 Å². The summed E-state index contributed by atoms with van der Waals surface area (Å²) in [7, 11) is 0. The van der Waals surface area contributed by atoms with E-state index >= 15 is 0 Å². The Labute approximate surface area is 220 Å². The van der Waals surface area contributed by atoms with E-state index in [9.17, 15) is 0 Å². The number of rotatable bonds is 11. The van der Waals surface area contributed by atoms with Gasteiger partial charge in [-0.15, -0.1) is 0 Å². The minimum absolute atomic E-state index is 0.280. The predicted molar refractivity (Wildman–Crippen MR) is 154 cm³/mol. The average molecular weight is 492 g/mol. The van der Waals surface area contributed by atoms with E-state index in [-0.39, 0.29) is 6.04 Å². The van der Waals surface area contributed by atoms with Gasteiger partial charge in [0.25, 0.3) is 0 Å². The Balaban J connectivity index is 1.44. The number of unbranched alkanes of at least 4 members (excludes halogenated alkanes) is 1. The summed E-state index contributed by atoms with van der Waals surface area (Å²) < 4.78 is 13.1. The molecule has 2 atom stereocenters. The molecule has 4 aromatic rings. The van der Waals surface area contributed by atoms with E-state index in [2.05, 4.69) is 97.9 Å². The van der Waals surface area contributed by atoms with E-state index in [1.165, 1.54) is 22.1 Å². The fraction of sp³-hybridized carbons (Fsp3) is 0.294. The Bertz CT molecular complexity index is 1350. The fourth-order valence-electron chi connectivity index (χ4n) is 5.27.